The quantitative estimate of drug-likeness (QED) is 0.140. The Kier molecular flexibility index (Phi) is 6.90. The molecule has 2 aliphatic rings. The normalized spacial score (nSPS) is 15.7. The Morgan fingerprint density at radius 2 is 1.91 bits per heavy atom. The maximum Gasteiger partial charge on any atom is 0.338 e. The van der Waals surface area contributed by atoms with E-state index in [2.05, 4.69) is 6.07 Å². The Labute approximate surface area is 254 Å². The van der Waals surface area contributed by atoms with Crippen LogP contribution in [0.25, 0.3) is 23.1 Å². The standard InChI is InChI=1S/C34H25N3O6S/c1-2-42-33(39)22-12-10-21(11-13-22)28-17-15-25(43-28)19-29-32(38)36-31(23-7-5-8-24(18-23)37(40)41)27-16-14-20-6-3-4-9-26(20)30(27)35-34(36)44-29/h3-13,15,17-19,31H,2,14,16H2,1H3/b29-19+/t31-/m0/s1. The zero-order valence-electron chi connectivity index (χ0n) is 23.6. The lowest BCUT2D eigenvalue weighted by Gasteiger charge is -2.30. The van der Waals surface area contributed by atoms with E-state index in [0.717, 1.165) is 28.8 Å². The minimum absolute atomic E-state index is 0.0293. The van der Waals surface area contributed by atoms with Crippen molar-refractivity contribution in [3.8, 4) is 11.3 Å². The molecule has 44 heavy (non-hydrogen) atoms. The van der Waals surface area contributed by atoms with E-state index in [1.54, 1.807) is 60.0 Å². The van der Waals surface area contributed by atoms with E-state index in [4.69, 9.17) is 14.1 Å². The first-order valence-corrected chi connectivity index (χ1v) is 15.0. The van der Waals surface area contributed by atoms with Gasteiger partial charge in [0.1, 0.15) is 11.5 Å². The molecule has 3 aromatic carbocycles. The third-order valence-corrected chi connectivity index (χ3v) is 8.83. The van der Waals surface area contributed by atoms with Crippen molar-refractivity contribution in [3.05, 3.63) is 148 Å². The van der Waals surface area contributed by atoms with Gasteiger partial charge in [-0.3, -0.25) is 19.5 Å². The van der Waals surface area contributed by atoms with Gasteiger partial charge >= 0.3 is 5.97 Å². The second kappa shape index (κ2) is 11.1. The van der Waals surface area contributed by atoms with Gasteiger partial charge in [0, 0.05) is 29.3 Å². The molecule has 1 aliphatic heterocycles. The van der Waals surface area contributed by atoms with Gasteiger partial charge in [0.05, 0.1) is 33.4 Å². The number of carbonyl (C=O) groups excluding carboxylic acids is 1. The minimum atomic E-state index is -0.526. The summed E-state index contributed by atoms with van der Waals surface area (Å²) in [6.07, 6.45) is 3.17. The van der Waals surface area contributed by atoms with Gasteiger partial charge in [-0.15, -0.1) is 0 Å². The predicted octanol–water partition coefficient (Wildman–Crippen LogP) is 5.66. The van der Waals surface area contributed by atoms with E-state index in [1.165, 1.54) is 23.0 Å². The number of thiazole rings is 1. The minimum Gasteiger partial charge on any atom is -0.462 e. The molecular weight excluding hydrogens is 578 g/mol. The number of non-ortho nitro benzene ring substituents is 1. The Balaban J connectivity index is 1.33. The second-order valence-electron chi connectivity index (χ2n) is 10.5. The molecule has 1 aliphatic carbocycles. The number of furan rings is 1. The molecule has 0 radical (unpaired) electrons. The summed E-state index contributed by atoms with van der Waals surface area (Å²) in [6.45, 7) is 2.06. The van der Waals surface area contributed by atoms with Crippen LogP contribution >= 0.6 is 11.3 Å². The summed E-state index contributed by atoms with van der Waals surface area (Å²) >= 11 is 1.26. The van der Waals surface area contributed by atoms with E-state index in [1.807, 2.05) is 30.3 Å². The highest BCUT2D eigenvalue weighted by Crippen LogP contribution is 2.41. The molecule has 0 saturated heterocycles. The van der Waals surface area contributed by atoms with Gasteiger partial charge in [-0.05, 0) is 60.7 Å². The van der Waals surface area contributed by atoms with Crippen LogP contribution in [0.3, 0.4) is 0 Å². The first-order chi connectivity index (χ1) is 21.4. The molecule has 0 bridgehead atoms. The maximum absolute atomic E-state index is 14.0. The number of nitro benzene ring substituents is 1. The zero-order valence-corrected chi connectivity index (χ0v) is 24.4. The molecule has 0 fully saturated rings. The summed E-state index contributed by atoms with van der Waals surface area (Å²) in [5.74, 6) is 0.685. The average molecular weight is 604 g/mol. The van der Waals surface area contributed by atoms with Gasteiger partial charge in [-0.25, -0.2) is 9.79 Å². The second-order valence-corrected chi connectivity index (χ2v) is 11.5. The molecule has 2 aromatic heterocycles. The first-order valence-electron chi connectivity index (χ1n) is 14.2. The van der Waals surface area contributed by atoms with E-state index >= 15 is 0 Å². The molecule has 7 rings (SSSR count). The highest BCUT2D eigenvalue weighted by Gasteiger charge is 2.33. The van der Waals surface area contributed by atoms with Crippen molar-refractivity contribution in [1.82, 2.24) is 4.57 Å². The molecule has 0 N–H and O–H groups in total. The van der Waals surface area contributed by atoms with Crippen LogP contribution in [-0.4, -0.2) is 22.1 Å². The summed E-state index contributed by atoms with van der Waals surface area (Å²) in [7, 11) is 0. The lowest BCUT2D eigenvalue weighted by Crippen LogP contribution is -2.38. The van der Waals surface area contributed by atoms with Crippen LogP contribution in [0.1, 0.15) is 52.2 Å². The number of nitro groups is 1. The number of carbonyl (C=O) groups is 1. The fraction of sp³-hybridized carbons (Fsp3) is 0.147. The number of aromatic nitrogens is 1. The van der Waals surface area contributed by atoms with E-state index in [0.29, 0.717) is 45.0 Å². The lowest BCUT2D eigenvalue weighted by atomic mass is 9.83. The van der Waals surface area contributed by atoms with Gasteiger partial charge < -0.3 is 9.15 Å². The SMILES string of the molecule is CCOC(=O)c1ccc(-c2ccc(/C=c3/sc4n(c3=O)[C@@H](c3cccc([N+](=O)[O-])c3)C3=C(N=4)c4ccccc4CC3)o2)cc1. The largest absolute Gasteiger partial charge is 0.462 e. The van der Waals surface area contributed by atoms with Crippen LogP contribution in [0.4, 0.5) is 5.69 Å². The number of allylic oxidation sites excluding steroid dienone is 1. The van der Waals surface area contributed by atoms with Gasteiger partial charge in [0.2, 0.25) is 0 Å². The molecule has 3 heterocycles. The van der Waals surface area contributed by atoms with Crippen molar-refractivity contribution in [2.75, 3.05) is 6.61 Å². The van der Waals surface area contributed by atoms with Gasteiger partial charge in [-0.1, -0.05) is 59.9 Å². The Morgan fingerprint density at radius 3 is 2.70 bits per heavy atom. The van der Waals surface area contributed by atoms with E-state index in [-0.39, 0.29) is 17.2 Å². The predicted molar refractivity (Wildman–Crippen MR) is 166 cm³/mol. The van der Waals surface area contributed by atoms with Crippen molar-refractivity contribution >= 4 is 34.8 Å². The molecule has 0 spiro atoms. The van der Waals surface area contributed by atoms with Gasteiger partial charge in [0.25, 0.3) is 11.2 Å². The van der Waals surface area contributed by atoms with Crippen molar-refractivity contribution in [2.45, 2.75) is 25.8 Å². The van der Waals surface area contributed by atoms with Crippen LogP contribution in [0.2, 0.25) is 0 Å². The lowest BCUT2D eigenvalue weighted by molar-refractivity contribution is -0.384. The van der Waals surface area contributed by atoms with Gasteiger partial charge in [0.15, 0.2) is 4.80 Å². The maximum atomic E-state index is 14.0. The summed E-state index contributed by atoms with van der Waals surface area (Å²) in [5, 5.41) is 11.7. The summed E-state index contributed by atoms with van der Waals surface area (Å²) < 4.78 is 13.2. The molecule has 0 saturated carbocycles. The number of nitrogens with zero attached hydrogens (tertiary/aromatic N) is 3. The Bertz CT molecular complexity index is 2170. The topological polar surface area (TPSA) is 117 Å². The van der Waals surface area contributed by atoms with Crippen LogP contribution in [-0.2, 0) is 11.2 Å². The Morgan fingerprint density at radius 1 is 1.09 bits per heavy atom. The fourth-order valence-electron chi connectivity index (χ4n) is 5.83. The van der Waals surface area contributed by atoms with Crippen LogP contribution in [0, 0.1) is 10.1 Å². The van der Waals surface area contributed by atoms with E-state index < -0.39 is 11.0 Å². The molecule has 0 amide bonds. The van der Waals surface area contributed by atoms with Crippen molar-refractivity contribution in [2.24, 2.45) is 4.99 Å². The third-order valence-electron chi connectivity index (χ3n) is 7.85. The smallest absolute Gasteiger partial charge is 0.338 e. The number of hydrogen-bond donors (Lipinski definition) is 0. The highest BCUT2D eigenvalue weighted by atomic mass is 32.1. The molecule has 9 nitrogen and oxygen atoms in total. The summed E-state index contributed by atoms with van der Waals surface area (Å²) in [6, 6.07) is 24.6. The highest BCUT2D eigenvalue weighted by molar-refractivity contribution is 7.07. The number of esters is 1. The van der Waals surface area contributed by atoms with Crippen LogP contribution < -0.4 is 14.9 Å². The van der Waals surface area contributed by atoms with Crippen molar-refractivity contribution in [1.29, 1.82) is 0 Å². The first kappa shape index (κ1) is 27.5. The molecule has 10 heteroatoms. The average Bonchev–Trinajstić information content (AvgIpc) is 3.64. The third kappa shape index (κ3) is 4.79. The number of rotatable bonds is 6. The Hall–Kier alpha value is -5.35. The van der Waals surface area contributed by atoms with Crippen molar-refractivity contribution < 1.29 is 18.9 Å². The number of hydrogen-bond acceptors (Lipinski definition) is 8. The van der Waals surface area contributed by atoms with Crippen LogP contribution in [0.5, 0.6) is 0 Å². The van der Waals surface area contributed by atoms with Crippen LogP contribution in [0.15, 0.2) is 105 Å². The van der Waals surface area contributed by atoms with E-state index in [9.17, 15) is 19.7 Å². The van der Waals surface area contributed by atoms with Gasteiger partial charge in [-0.2, -0.15) is 0 Å². The number of fused-ring (bicyclic) bond motifs is 3. The number of benzene rings is 3. The molecule has 1 atom stereocenters. The molecule has 218 valence electrons. The monoisotopic (exact) mass is 603 g/mol. The molecule has 5 aromatic rings. The van der Waals surface area contributed by atoms with Crippen molar-refractivity contribution in [3.63, 3.8) is 0 Å². The zero-order chi connectivity index (χ0) is 30.4. The number of aryl methyl sites for hydroxylation is 1. The summed E-state index contributed by atoms with van der Waals surface area (Å²) in [5.41, 5.74) is 5.61. The summed E-state index contributed by atoms with van der Waals surface area (Å²) in [4.78, 5) is 42.8. The fourth-order valence-corrected chi connectivity index (χ4v) is 6.81. The molecule has 0 unspecified atom stereocenters. The number of ether oxygens (including phenoxy) is 1. The molecular formula is C34H25N3O6S.